The summed E-state index contributed by atoms with van der Waals surface area (Å²) in [5, 5.41) is 13.1. The number of hydrogen-bond donors (Lipinski definition) is 2. The van der Waals surface area contributed by atoms with E-state index >= 15 is 0 Å². The maximum absolute atomic E-state index is 13.2. The van der Waals surface area contributed by atoms with Crippen molar-refractivity contribution in [3.63, 3.8) is 0 Å². The lowest BCUT2D eigenvalue weighted by molar-refractivity contribution is -0.118. The van der Waals surface area contributed by atoms with Gasteiger partial charge >= 0.3 is 0 Å². The summed E-state index contributed by atoms with van der Waals surface area (Å²) < 4.78 is 1.84. The topological polar surface area (TPSA) is 88.9 Å². The van der Waals surface area contributed by atoms with Crippen LogP contribution in [0.25, 0.3) is 21.6 Å². The monoisotopic (exact) mass is 461 g/mol. The summed E-state index contributed by atoms with van der Waals surface area (Å²) in [6.07, 6.45) is 1.71. The minimum Gasteiger partial charge on any atom is -0.348 e. The van der Waals surface area contributed by atoms with Gasteiger partial charge in [0.05, 0.1) is 27.7 Å². The van der Waals surface area contributed by atoms with Gasteiger partial charge in [-0.25, -0.2) is 9.67 Å². The Morgan fingerprint density at radius 1 is 1.09 bits per heavy atom. The van der Waals surface area contributed by atoms with Gasteiger partial charge in [0, 0.05) is 24.2 Å². The highest BCUT2D eigenvalue weighted by Gasteiger charge is 2.19. The van der Waals surface area contributed by atoms with Crippen molar-refractivity contribution in [2.75, 3.05) is 5.32 Å². The Morgan fingerprint density at radius 2 is 1.91 bits per heavy atom. The second-order valence-electron chi connectivity index (χ2n) is 8.48. The van der Waals surface area contributed by atoms with E-state index in [9.17, 15) is 9.59 Å². The van der Waals surface area contributed by atoms with Crippen LogP contribution in [0.3, 0.4) is 0 Å². The van der Waals surface area contributed by atoms with E-state index in [1.807, 2.05) is 80.2 Å². The second-order valence-corrected chi connectivity index (χ2v) is 9.43. The van der Waals surface area contributed by atoms with Gasteiger partial charge in [-0.1, -0.05) is 32.0 Å². The first kappa shape index (κ1) is 22.7. The molecule has 2 amide bonds. The largest absolute Gasteiger partial charge is 0.348 e. The quantitative estimate of drug-likeness (QED) is 0.393. The van der Waals surface area contributed by atoms with Gasteiger partial charge in [0.15, 0.2) is 5.65 Å². The molecule has 170 valence electrons. The van der Waals surface area contributed by atoms with E-state index in [2.05, 4.69) is 15.7 Å². The minimum atomic E-state index is -0.194. The third-order valence-corrected chi connectivity index (χ3v) is 6.14. The predicted molar refractivity (Wildman–Crippen MR) is 132 cm³/mol. The number of hydrogen-bond acceptors (Lipinski definition) is 5. The maximum Gasteiger partial charge on any atom is 0.252 e. The van der Waals surface area contributed by atoms with Crippen LogP contribution < -0.4 is 10.6 Å². The molecule has 4 aromatic rings. The fourth-order valence-electron chi connectivity index (χ4n) is 3.46. The Hall–Kier alpha value is -3.52. The molecule has 33 heavy (non-hydrogen) atoms. The maximum atomic E-state index is 13.2. The number of pyridine rings is 1. The molecule has 0 aliphatic heterocycles. The molecule has 7 nitrogen and oxygen atoms in total. The summed E-state index contributed by atoms with van der Waals surface area (Å²) in [4.78, 5) is 31.0. The number of rotatable bonds is 7. The van der Waals surface area contributed by atoms with Crippen molar-refractivity contribution in [1.29, 1.82) is 0 Å². The van der Waals surface area contributed by atoms with Crippen molar-refractivity contribution < 1.29 is 9.59 Å². The van der Waals surface area contributed by atoms with Crippen LogP contribution in [-0.4, -0.2) is 26.6 Å². The number of benzene rings is 1. The first-order valence-electron chi connectivity index (χ1n) is 10.9. The number of anilines is 1. The van der Waals surface area contributed by atoms with Crippen LogP contribution in [-0.2, 0) is 11.3 Å². The molecule has 3 heterocycles. The Labute approximate surface area is 196 Å². The molecule has 2 N–H and O–H groups in total. The highest BCUT2D eigenvalue weighted by Crippen LogP contribution is 2.29. The number of amides is 2. The minimum absolute atomic E-state index is 0.0429. The summed E-state index contributed by atoms with van der Waals surface area (Å²) in [7, 11) is 0. The zero-order valence-corrected chi connectivity index (χ0v) is 19.9. The SMILES string of the molecule is CC(C)C(=O)Nc1cccc(CNC(=O)c2cc(-c3cccs3)nc3c2cnn3C(C)C)c1. The molecule has 0 saturated heterocycles. The van der Waals surface area contributed by atoms with Crippen LogP contribution in [0.1, 0.15) is 49.7 Å². The van der Waals surface area contributed by atoms with Crippen molar-refractivity contribution in [1.82, 2.24) is 20.1 Å². The van der Waals surface area contributed by atoms with Crippen LogP contribution in [0, 0.1) is 5.92 Å². The molecular formula is C25H27N5O2S. The van der Waals surface area contributed by atoms with E-state index in [0.717, 1.165) is 21.5 Å². The van der Waals surface area contributed by atoms with Crippen LogP contribution in [0.2, 0.25) is 0 Å². The molecule has 4 rings (SSSR count). The lowest BCUT2D eigenvalue weighted by atomic mass is 10.1. The molecule has 0 bridgehead atoms. The van der Waals surface area contributed by atoms with Gasteiger partial charge in [-0.15, -0.1) is 11.3 Å². The number of thiophene rings is 1. The lowest BCUT2D eigenvalue weighted by Crippen LogP contribution is -2.23. The molecular weight excluding hydrogens is 434 g/mol. The molecule has 0 radical (unpaired) electrons. The summed E-state index contributed by atoms with van der Waals surface area (Å²) in [5.74, 6) is -0.342. The van der Waals surface area contributed by atoms with Gasteiger partial charge in [-0.2, -0.15) is 5.10 Å². The third-order valence-electron chi connectivity index (χ3n) is 5.25. The second kappa shape index (κ2) is 9.54. The van der Waals surface area contributed by atoms with Crippen molar-refractivity contribution in [3.8, 4) is 10.6 Å². The number of nitrogens with zero attached hydrogens (tertiary/aromatic N) is 3. The number of carbonyl (C=O) groups is 2. The van der Waals surface area contributed by atoms with E-state index in [4.69, 9.17) is 4.98 Å². The lowest BCUT2D eigenvalue weighted by Gasteiger charge is -2.12. The van der Waals surface area contributed by atoms with Crippen molar-refractivity contribution in [2.24, 2.45) is 5.92 Å². The Kier molecular flexibility index (Phi) is 6.55. The van der Waals surface area contributed by atoms with Crippen molar-refractivity contribution >= 4 is 39.9 Å². The van der Waals surface area contributed by atoms with Gasteiger partial charge in [0.25, 0.3) is 5.91 Å². The van der Waals surface area contributed by atoms with E-state index in [0.29, 0.717) is 23.4 Å². The number of fused-ring (bicyclic) bond motifs is 1. The first-order valence-corrected chi connectivity index (χ1v) is 11.8. The number of nitrogens with one attached hydrogen (secondary N) is 2. The van der Waals surface area contributed by atoms with E-state index < -0.39 is 0 Å². The molecule has 0 atom stereocenters. The predicted octanol–water partition coefficient (Wildman–Crippen LogP) is 5.27. The highest BCUT2D eigenvalue weighted by atomic mass is 32.1. The van der Waals surface area contributed by atoms with E-state index in [1.165, 1.54) is 0 Å². The fraction of sp³-hybridized carbons (Fsp3) is 0.280. The van der Waals surface area contributed by atoms with Gasteiger partial charge in [-0.3, -0.25) is 9.59 Å². The molecule has 0 aliphatic carbocycles. The molecule has 0 saturated carbocycles. The number of carbonyl (C=O) groups excluding carboxylic acids is 2. The summed E-state index contributed by atoms with van der Waals surface area (Å²) >= 11 is 1.58. The van der Waals surface area contributed by atoms with E-state index in [-0.39, 0.29) is 23.8 Å². The van der Waals surface area contributed by atoms with Crippen LogP contribution in [0.4, 0.5) is 5.69 Å². The van der Waals surface area contributed by atoms with E-state index in [1.54, 1.807) is 17.5 Å². The average Bonchev–Trinajstić information content (AvgIpc) is 3.47. The molecule has 0 unspecified atom stereocenters. The summed E-state index contributed by atoms with van der Waals surface area (Å²) in [6, 6.07) is 13.4. The molecule has 8 heteroatoms. The zero-order chi connectivity index (χ0) is 23.5. The Morgan fingerprint density at radius 3 is 2.61 bits per heavy atom. The number of aromatic nitrogens is 3. The molecule has 3 aromatic heterocycles. The van der Waals surface area contributed by atoms with Crippen LogP contribution >= 0.6 is 11.3 Å². The normalized spacial score (nSPS) is 11.3. The third kappa shape index (κ3) is 4.96. The smallest absolute Gasteiger partial charge is 0.252 e. The average molecular weight is 462 g/mol. The van der Waals surface area contributed by atoms with Crippen LogP contribution in [0.15, 0.2) is 54.0 Å². The van der Waals surface area contributed by atoms with Crippen molar-refractivity contribution in [2.45, 2.75) is 40.3 Å². The van der Waals surface area contributed by atoms with Gasteiger partial charge in [-0.05, 0) is 49.1 Å². The Bertz CT molecular complexity index is 1290. The van der Waals surface area contributed by atoms with Gasteiger partial charge < -0.3 is 10.6 Å². The fourth-order valence-corrected chi connectivity index (χ4v) is 4.14. The summed E-state index contributed by atoms with van der Waals surface area (Å²) in [5.41, 5.74) is 3.60. The zero-order valence-electron chi connectivity index (χ0n) is 19.1. The van der Waals surface area contributed by atoms with Gasteiger partial charge in [0.1, 0.15) is 0 Å². The first-order chi connectivity index (χ1) is 15.8. The Balaban J connectivity index is 1.60. The standard InChI is InChI=1S/C25H27N5O2S/c1-15(2)24(31)28-18-8-5-7-17(11-18)13-26-25(32)19-12-21(22-9-6-10-33-22)29-23-20(19)14-27-30(23)16(3)4/h5-12,14-16H,13H2,1-4H3,(H,26,32)(H,28,31). The molecule has 0 aliphatic rings. The molecule has 0 fully saturated rings. The van der Waals surface area contributed by atoms with Crippen LogP contribution in [0.5, 0.6) is 0 Å². The van der Waals surface area contributed by atoms with Gasteiger partial charge in [0.2, 0.25) is 5.91 Å². The van der Waals surface area contributed by atoms with Crippen molar-refractivity contribution in [3.05, 3.63) is 65.2 Å². The molecule has 0 spiro atoms. The summed E-state index contributed by atoms with van der Waals surface area (Å²) in [6.45, 7) is 8.11. The molecule has 1 aromatic carbocycles. The highest BCUT2D eigenvalue weighted by molar-refractivity contribution is 7.13.